The van der Waals surface area contributed by atoms with Crippen molar-refractivity contribution >= 4 is 12.0 Å². The van der Waals surface area contributed by atoms with E-state index in [1.165, 1.54) is 12.0 Å². The van der Waals surface area contributed by atoms with Crippen molar-refractivity contribution in [2.45, 2.75) is 45.8 Å². The Morgan fingerprint density at radius 3 is 2.37 bits per heavy atom. The molecule has 2 amide bonds. The number of nitrogens with zero attached hydrogens (tertiary/aromatic N) is 2. The second-order valence-corrected chi connectivity index (χ2v) is 6.01. The van der Waals surface area contributed by atoms with Gasteiger partial charge in [0.25, 0.3) is 5.91 Å². The van der Waals surface area contributed by atoms with Crippen molar-refractivity contribution in [3.63, 3.8) is 0 Å². The summed E-state index contributed by atoms with van der Waals surface area (Å²) in [4.78, 5) is 30.7. The normalized spacial score (nSPS) is 23.4. The topological polar surface area (TPSA) is 59.1 Å². The molecule has 0 aliphatic carbocycles. The Hall–Kier alpha value is -1.30. The Bertz CT molecular complexity index is 351. The Balaban J connectivity index is 2.80. The predicted octanol–water partition coefficient (Wildman–Crippen LogP) is 1.65. The molecule has 0 aromatic rings. The smallest absolute Gasteiger partial charge is 0.410 e. The molecule has 6 heteroatoms. The maximum atomic E-state index is 12.2. The second-order valence-electron chi connectivity index (χ2n) is 6.01. The minimum Gasteiger partial charge on any atom is -0.444 e. The fourth-order valence-electron chi connectivity index (χ4n) is 2.10. The molecule has 1 rings (SSSR count). The van der Waals surface area contributed by atoms with Crippen molar-refractivity contribution in [3.05, 3.63) is 0 Å². The lowest BCUT2D eigenvalue weighted by Gasteiger charge is -2.29. The molecule has 0 saturated carbocycles. The van der Waals surface area contributed by atoms with Crippen molar-refractivity contribution < 1.29 is 19.2 Å². The molecule has 0 N–H and O–H groups in total. The number of hydrogen-bond acceptors (Lipinski definition) is 4. The van der Waals surface area contributed by atoms with Gasteiger partial charge in [0.15, 0.2) is 0 Å². The summed E-state index contributed by atoms with van der Waals surface area (Å²) in [5.41, 5.74) is -0.566. The van der Waals surface area contributed by atoms with Crippen LogP contribution in [-0.2, 0) is 14.4 Å². The molecule has 1 saturated heterocycles. The van der Waals surface area contributed by atoms with E-state index in [1.807, 2.05) is 27.7 Å². The molecule has 0 unspecified atom stereocenters. The number of likely N-dealkylation sites (tertiary alicyclic amines) is 1. The van der Waals surface area contributed by atoms with Gasteiger partial charge in [0, 0.05) is 13.6 Å². The Labute approximate surface area is 114 Å². The van der Waals surface area contributed by atoms with Crippen LogP contribution in [0.25, 0.3) is 0 Å². The summed E-state index contributed by atoms with van der Waals surface area (Å²) in [6.07, 6.45) is 0.186. The average molecular weight is 272 g/mol. The largest absolute Gasteiger partial charge is 0.444 e. The molecule has 1 heterocycles. The van der Waals surface area contributed by atoms with Gasteiger partial charge in [0.05, 0.1) is 7.11 Å². The van der Waals surface area contributed by atoms with Crippen molar-refractivity contribution in [2.24, 2.45) is 5.92 Å². The second kappa shape index (κ2) is 5.77. The number of ether oxygens (including phenoxy) is 1. The Morgan fingerprint density at radius 1 is 1.32 bits per heavy atom. The summed E-state index contributed by atoms with van der Waals surface area (Å²) in [5.74, 6) is 0.0458. The number of hydroxylamine groups is 2. The van der Waals surface area contributed by atoms with E-state index >= 15 is 0 Å². The van der Waals surface area contributed by atoms with Gasteiger partial charge in [0.1, 0.15) is 11.6 Å². The van der Waals surface area contributed by atoms with Crippen LogP contribution in [0.2, 0.25) is 0 Å². The zero-order valence-corrected chi connectivity index (χ0v) is 12.6. The maximum Gasteiger partial charge on any atom is 0.410 e. The molecular formula is C13H24N2O4. The minimum atomic E-state index is -0.566. The molecule has 6 nitrogen and oxygen atoms in total. The van der Waals surface area contributed by atoms with Crippen LogP contribution in [0, 0.1) is 5.92 Å². The molecule has 0 aromatic carbocycles. The Kier molecular flexibility index (Phi) is 4.79. The molecule has 0 aromatic heterocycles. The first-order valence-electron chi connectivity index (χ1n) is 6.47. The summed E-state index contributed by atoms with van der Waals surface area (Å²) < 4.78 is 5.34. The van der Waals surface area contributed by atoms with Crippen molar-refractivity contribution in [3.8, 4) is 0 Å². The number of rotatable bonds is 2. The zero-order valence-electron chi connectivity index (χ0n) is 12.6. The van der Waals surface area contributed by atoms with E-state index in [9.17, 15) is 9.59 Å². The van der Waals surface area contributed by atoms with Crippen LogP contribution in [-0.4, -0.2) is 54.3 Å². The van der Waals surface area contributed by atoms with E-state index in [-0.39, 0.29) is 11.8 Å². The van der Waals surface area contributed by atoms with Gasteiger partial charge in [-0.1, -0.05) is 6.92 Å². The molecule has 19 heavy (non-hydrogen) atoms. The quantitative estimate of drug-likeness (QED) is 0.717. The first-order chi connectivity index (χ1) is 8.65. The number of carbonyl (C=O) groups excluding carboxylic acids is 2. The van der Waals surface area contributed by atoms with E-state index < -0.39 is 17.7 Å². The highest BCUT2D eigenvalue weighted by Gasteiger charge is 2.41. The minimum absolute atomic E-state index is 0.224. The molecule has 0 bridgehead atoms. The summed E-state index contributed by atoms with van der Waals surface area (Å²) in [5, 5.41) is 1.15. The van der Waals surface area contributed by atoms with Crippen LogP contribution in [0.5, 0.6) is 0 Å². The lowest BCUT2D eigenvalue weighted by molar-refractivity contribution is -0.173. The molecule has 1 aliphatic rings. The fraction of sp³-hybridized carbons (Fsp3) is 0.846. The van der Waals surface area contributed by atoms with Crippen LogP contribution in [0.15, 0.2) is 0 Å². The van der Waals surface area contributed by atoms with Gasteiger partial charge >= 0.3 is 6.09 Å². The van der Waals surface area contributed by atoms with Crippen molar-refractivity contribution in [1.82, 2.24) is 9.96 Å². The third-order valence-corrected chi connectivity index (χ3v) is 3.01. The average Bonchev–Trinajstić information content (AvgIpc) is 2.67. The lowest BCUT2D eigenvalue weighted by Crippen LogP contribution is -2.47. The highest BCUT2D eigenvalue weighted by molar-refractivity contribution is 5.85. The van der Waals surface area contributed by atoms with Gasteiger partial charge < -0.3 is 4.74 Å². The first-order valence-corrected chi connectivity index (χ1v) is 6.47. The first kappa shape index (κ1) is 15.8. The highest BCUT2D eigenvalue weighted by Crippen LogP contribution is 2.26. The Morgan fingerprint density at radius 2 is 1.89 bits per heavy atom. The van der Waals surface area contributed by atoms with Gasteiger partial charge in [-0.15, -0.1) is 0 Å². The van der Waals surface area contributed by atoms with E-state index in [0.717, 1.165) is 5.06 Å². The fourth-order valence-corrected chi connectivity index (χ4v) is 2.10. The molecule has 1 aliphatic heterocycles. The molecule has 2 atom stereocenters. The number of amides is 2. The monoisotopic (exact) mass is 272 g/mol. The zero-order chi connectivity index (χ0) is 14.8. The molecule has 0 spiro atoms. The van der Waals surface area contributed by atoms with Crippen LogP contribution >= 0.6 is 0 Å². The number of hydrogen-bond donors (Lipinski definition) is 0. The highest BCUT2D eigenvalue weighted by atomic mass is 16.7. The lowest BCUT2D eigenvalue weighted by atomic mass is 10.1. The van der Waals surface area contributed by atoms with Crippen molar-refractivity contribution in [2.75, 3.05) is 20.7 Å². The van der Waals surface area contributed by atoms with Gasteiger partial charge in [0.2, 0.25) is 0 Å². The summed E-state index contributed by atoms with van der Waals surface area (Å²) in [6.45, 7) is 7.97. The van der Waals surface area contributed by atoms with Gasteiger partial charge in [-0.2, -0.15) is 0 Å². The van der Waals surface area contributed by atoms with Gasteiger partial charge in [-0.05, 0) is 33.1 Å². The summed E-state index contributed by atoms with van der Waals surface area (Å²) in [6, 6.07) is -0.505. The SMILES string of the molecule is CON(C)C(=O)[C@@H]1C[C@@H](C)CN1C(=O)OC(C)(C)C. The van der Waals surface area contributed by atoms with Gasteiger partial charge in [-0.25, -0.2) is 9.86 Å². The molecule has 0 radical (unpaired) electrons. The third-order valence-electron chi connectivity index (χ3n) is 3.01. The third kappa shape index (κ3) is 4.09. The number of carbonyl (C=O) groups is 2. The maximum absolute atomic E-state index is 12.2. The standard InChI is InChI=1S/C13H24N2O4/c1-9-7-10(11(16)14(5)18-6)15(8-9)12(17)19-13(2,3)4/h9-10H,7-8H2,1-6H3/t9-,10+/m1/s1. The van der Waals surface area contributed by atoms with Crippen LogP contribution in [0.3, 0.4) is 0 Å². The van der Waals surface area contributed by atoms with Crippen LogP contribution < -0.4 is 0 Å². The molecular weight excluding hydrogens is 248 g/mol. The summed E-state index contributed by atoms with van der Waals surface area (Å²) >= 11 is 0. The van der Waals surface area contributed by atoms with Crippen LogP contribution in [0.1, 0.15) is 34.1 Å². The van der Waals surface area contributed by atoms with Gasteiger partial charge in [-0.3, -0.25) is 14.5 Å². The molecule has 1 fully saturated rings. The molecule has 110 valence electrons. The predicted molar refractivity (Wildman–Crippen MR) is 70.3 cm³/mol. The van der Waals surface area contributed by atoms with E-state index in [4.69, 9.17) is 9.57 Å². The van der Waals surface area contributed by atoms with E-state index in [0.29, 0.717) is 13.0 Å². The van der Waals surface area contributed by atoms with Crippen LogP contribution in [0.4, 0.5) is 4.79 Å². The van der Waals surface area contributed by atoms with E-state index in [2.05, 4.69) is 0 Å². The summed E-state index contributed by atoms with van der Waals surface area (Å²) in [7, 11) is 2.96. The van der Waals surface area contributed by atoms with E-state index in [1.54, 1.807) is 7.05 Å². The number of likely N-dealkylation sites (N-methyl/N-ethyl adjacent to an activating group) is 1. The van der Waals surface area contributed by atoms with Crippen molar-refractivity contribution in [1.29, 1.82) is 0 Å².